The molecule has 1 aromatic heterocycles. The maximum atomic E-state index is 12.4. The summed E-state index contributed by atoms with van der Waals surface area (Å²) in [5, 5.41) is 0.522. The second kappa shape index (κ2) is 4.62. The minimum atomic E-state index is -0.193. The fourth-order valence-electron chi connectivity index (χ4n) is 2.11. The Hall–Kier alpha value is -2.95. The Morgan fingerprint density at radius 2 is 1.95 bits per heavy atom. The molecule has 5 nitrogen and oxygen atoms in total. The maximum absolute atomic E-state index is 12.4. The van der Waals surface area contributed by atoms with Crippen molar-refractivity contribution in [2.24, 2.45) is 0 Å². The van der Waals surface area contributed by atoms with Gasteiger partial charge in [-0.3, -0.25) is 14.2 Å². The van der Waals surface area contributed by atoms with Gasteiger partial charge in [-0.25, -0.2) is 4.98 Å². The summed E-state index contributed by atoms with van der Waals surface area (Å²) in [6.07, 6.45) is 2.15. The number of hydrogen-bond acceptors (Lipinski definition) is 4. The number of nitrogen functional groups attached to an aromatic ring is 1. The van der Waals surface area contributed by atoms with E-state index in [1.165, 1.54) is 17.0 Å². The molecule has 0 aliphatic carbocycles. The van der Waals surface area contributed by atoms with Crippen LogP contribution < -0.4 is 11.3 Å². The molecule has 0 saturated carbocycles. The number of nitrogens with zero attached hydrogens (tertiary/aromatic N) is 2. The predicted molar refractivity (Wildman–Crippen MR) is 77.1 cm³/mol. The lowest BCUT2D eigenvalue weighted by atomic mass is 10.2. The Bertz CT molecular complexity index is 868. The van der Waals surface area contributed by atoms with E-state index in [0.717, 1.165) is 0 Å². The molecule has 3 aromatic rings. The van der Waals surface area contributed by atoms with Gasteiger partial charge in [0.2, 0.25) is 0 Å². The first kappa shape index (κ1) is 12.1. The zero-order chi connectivity index (χ0) is 14.1. The van der Waals surface area contributed by atoms with Crippen LogP contribution in [-0.2, 0) is 0 Å². The average Bonchev–Trinajstić information content (AvgIpc) is 2.48. The SMILES string of the molecule is Nc1cc(C=O)ccc1-n1cnc2ccccc2c1=O. The summed E-state index contributed by atoms with van der Waals surface area (Å²) in [5.41, 5.74) is 7.67. The van der Waals surface area contributed by atoms with Crippen molar-refractivity contribution in [1.82, 2.24) is 9.55 Å². The van der Waals surface area contributed by atoms with E-state index in [1.807, 2.05) is 6.07 Å². The second-order valence-electron chi connectivity index (χ2n) is 4.37. The monoisotopic (exact) mass is 265 g/mol. The molecule has 0 bridgehead atoms. The van der Waals surface area contributed by atoms with Gasteiger partial charge in [0.15, 0.2) is 0 Å². The average molecular weight is 265 g/mol. The lowest BCUT2D eigenvalue weighted by molar-refractivity contribution is 0.112. The fourth-order valence-corrected chi connectivity index (χ4v) is 2.11. The highest BCUT2D eigenvalue weighted by atomic mass is 16.1. The first-order chi connectivity index (χ1) is 9.70. The van der Waals surface area contributed by atoms with E-state index >= 15 is 0 Å². The molecule has 0 radical (unpaired) electrons. The minimum Gasteiger partial charge on any atom is -0.397 e. The van der Waals surface area contributed by atoms with Crippen LogP contribution in [0.1, 0.15) is 10.4 Å². The molecule has 98 valence electrons. The van der Waals surface area contributed by atoms with Crippen LogP contribution in [0.2, 0.25) is 0 Å². The molecule has 0 unspecified atom stereocenters. The Morgan fingerprint density at radius 1 is 1.15 bits per heavy atom. The van der Waals surface area contributed by atoms with Crippen LogP contribution in [0.15, 0.2) is 53.6 Å². The van der Waals surface area contributed by atoms with E-state index in [2.05, 4.69) is 4.98 Å². The summed E-state index contributed by atoms with van der Waals surface area (Å²) < 4.78 is 1.38. The summed E-state index contributed by atoms with van der Waals surface area (Å²) in [6, 6.07) is 11.9. The summed E-state index contributed by atoms with van der Waals surface area (Å²) in [6.45, 7) is 0. The summed E-state index contributed by atoms with van der Waals surface area (Å²) in [7, 11) is 0. The molecule has 2 aromatic carbocycles. The van der Waals surface area contributed by atoms with Gasteiger partial charge in [0, 0.05) is 5.56 Å². The number of hydrogen-bond donors (Lipinski definition) is 1. The Morgan fingerprint density at radius 3 is 2.70 bits per heavy atom. The van der Waals surface area contributed by atoms with Crippen molar-refractivity contribution in [3.05, 3.63) is 64.7 Å². The van der Waals surface area contributed by atoms with Crippen LogP contribution in [0.4, 0.5) is 5.69 Å². The third-order valence-electron chi connectivity index (χ3n) is 3.11. The van der Waals surface area contributed by atoms with E-state index in [1.54, 1.807) is 30.3 Å². The zero-order valence-electron chi connectivity index (χ0n) is 10.5. The van der Waals surface area contributed by atoms with E-state index in [4.69, 9.17) is 5.73 Å². The summed E-state index contributed by atoms with van der Waals surface area (Å²) >= 11 is 0. The number of aromatic nitrogens is 2. The highest BCUT2D eigenvalue weighted by molar-refractivity contribution is 5.80. The van der Waals surface area contributed by atoms with E-state index in [-0.39, 0.29) is 5.56 Å². The zero-order valence-corrected chi connectivity index (χ0v) is 10.5. The molecule has 0 amide bonds. The van der Waals surface area contributed by atoms with Crippen LogP contribution >= 0.6 is 0 Å². The van der Waals surface area contributed by atoms with Gasteiger partial charge >= 0.3 is 0 Å². The third kappa shape index (κ3) is 1.85. The Labute approximate surface area is 114 Å². The quantitative estimate of drug-likeness (QED) is 0.566. The first-order valence-corrected chi connectivity index (χ1v) is 6.02. The number of rotatable bonds is 2. The molecule has 5 heteroatoms. The first-order valence-electron chi connectivity index (χ1n) is 6.02. The second-order valence-corrected chi connectivity index (χ2v) is 4.37. The van der Waals surface area contributed by atoms with Gasteiger partial charge in [0.25, 0.3) is 5.56 Å². The predicted octanol–water partition coefficient (Wildman–Crippen LogP) is 1.78. The van der Waals surface area contributed by atoms with Crippen molar-refractivity contribution in [3.8, 4) is 5.69 Å². The Kier molecular flexibility index (Phi) is 2.80. The van der Waals surface area contributed by atoms with Crippen LogP contribution in [0.5, 0.6) is 0 Å². The highest BCUT2D eigenvalue weighted by Crippen LogP contribution is 2.17. The molecule has 3 rings (SSSR count). The van der Waals surface area contributed by atoms with Gasteiger partial charge in [0.1, 0.15) is 12.6 Å². The minimum absolute atomic E-state index is 0.193. The van der Waals surface area contributed by atoms with Gasteiger partial charge in [-0.15, -0.1) is 0 Å². The molecule has 1 heterocycles. The van der Waals surface area contributed by atoms with Crippen molar-refractivity contribution in [2.45, 2.75) is 0 Å². The van der Waals surface area contributed by atoms with Crippen LogP contribution in [0, 0.1) is 0 Å². The number of para-hydroxylation sites is 1. The van der Waals surface area contributed by atoms with Crippen LogP contribution in [-0.4, -0.2) is 15.8 Å². The van der Waals surface area contributed by atoms with Crippen molar-refractivity contribution < 1.29 is 4.79 Å². The largest absolute Gasteiger partial charge is 0.397 e. The Balaban J connectivity index is 2.27. The molecule has 20 heavy (non-hydrogen) atoms. The van der Waals surface area contributed by atoms with Crippen molar-refractivity contribution in [3.63, 3.8) is 0 Å². The molecule has 0 atom stereocenters. The normalized spacial score (nSPS) is 10.6. The van der Waals surface area contributed by atoms with Gasteiger partial charge < -0.3 is 5.73 Å². The van der Waals surface area contributed by atoms with Crippen molar-refractivity contribution in [1.29, 1.82) is 0 Å². The molecule has 0 aliphatic rings. The number of anilines is 1. The molecule has 0 spiro atoms. The third-order valence-corrected chi connectivity index (χ3v) is 3.11. The molecular weight excluding hydrogens is 254 g/mol. The number of carbonyl (C=O) groups is 1. The number of benzene rings is 2. The molecular formula is C15H11N3O2. The maximum Gasteiger partial charge on any atom is 0.265 e. The van der Waals surface area contributed by atoms with Gasteiger partial charge in [-0.05, 0) is 30.3 Å². The topological polar surface area (TPSA) is 78.0 Å². The lowest BCUT2D eigenvalue weighted by Gasteiger charge is -2.09. The summed E-state index contributed by atoms with van der Waals surface area (Å²) in [4.78, 5) is 27.4. The van der Waals surface area contributed by atoms with E-state index in [0.29, 0.717) is 34.1 Å². The molecule has 0 fully saturated rings. The number of fused-ring (bicyclic) bond motifs is 1. The summed E-state index contributed by atoms with van der Waals surface area (Å²) in [5.74, 6) is 0. The number of carbonyl (C=O) groups excluding carboxylic acids is 1. The molecule has 2 N–H and O–H groups in total. The van der Waals surface area contributed by atoms with Crippen molar-refractivity contribution >= 4 is 22.9 Å². The smallest absolute Gasteiger partial charge is 0.265 e. The number of nitrogens with two attached hydrogens (primary N) is 1. The van der Waals surface area contributed by atoms with Gasteiger partial charge in [-0.1, -0.05) is 12.1 Å². The molecule has 0 saturated heterocycles. The lowest BCUT2D eigenvalue weighted by Crippen LogP contribution is -2.19. The van der Waals surface area contributed by atoms with Gasteiger partial charge in [0.05, 0.1) is 22.3 Å². The standard InChI is InChI=1S/C15H11N3O2/c16-12-7-10(8-19)5-6-14(12)18-9-17-13-4-2-1-3-11(13)15(18)20/h1-9H,16H2. The molecule has 0 aliphatic heterocycles. The van der Waals surface area contributed by atoms with Gasteiger partial charge in [-0.2, -0.15) is 0 Å². The van der Waals surface area contributed by atoms with E-state index < -0.39 is 0 Å². The van der Waals surface area contributed by atoms with E-state index in [9.17, 15) is 9.59 Å². The van der Waals surface area contributed by atoms with Crippen LogP contribution in [0.25, 0.3) is 16.6 Å². The number of aldehydes is 1. The van der Waals surface area contributed by atoms with Crippen molar-refractivity contribution in [2.75, 3.05) is 5.73 Å². The van der Waals surface area contributed by atoms with Crippen LogP contribution in [0.3, 0.4) is 0 Å². The highest BCUT2D eigenvalue weighted by Gasteiger charge is 2.08. The fraction of sp³-hybridized carbons (Fsp3) is 0.